The molecule has 0 radical (unpaired) electrons. The van der Waals surface area contributed by atoms with Crippen molar-refractivity contribution in [1.29, 1.82) is 0 Å². The summed E-state index contributed by atoms with van der Waals surface area (Å²) in [5.41, 5.74) is 2.17. The van der Waals surface area contributed by atoms with E-state index in [1.807, 2.05) is 24.3 Å². The van der Waals surface area contributed by atoms with Crippen LogP contribution in [0.4, 0.5) is 5.69 Å². The van der Waals surface area contributed by atoms with E-state index in [1.165, 1.54) is 0 Å². The summed E-state index contributed by atoms with van der Waals surface area (Å²) < 4.78 is 6.67. The van der Waals surface area contributed by atoms with Crippen molar-refractivity contribution in [3.05, 3.63) is 59.9 Å². The van der Waals surface area contributed by atoms with E-state index in [4.69, 9.17) is 16.3 Å². The molecule has 1 heterocycles. The van der Waals surface area contributed by atoms with Crippen LogP contribution < -0.4 is 5.32 Å². The van der Waals surface area contributed by atoms with Crippen molar-refractivity contribution >= 4 is 40.2 Å². The molecule has 3 rings (SSSR count). The molecule has 7 heteroatoms. The topological polar surface area (TPSA) is 73.2 Å². The van der Waals surface area contributed by atoms with Gasteiger partial charge in [-0.05, 0) is 30.3 Å². The Morgan fingerprint density at radius 3 is 2.83 bits per heavy atom. The van der Waals surface area contributed by atoms with E-state index in [-0.39, 0.29) is 13.2 Å². The Morgan fingerprint density at radius 1 is 1.17 bits per heavy atom. The number of ether oxygens (including phenoxy) is 1. The molecule has 0 saturated heterocycles. The molecule has 0 atom stereocenters. The molecule has 6 nitrogen and oxygen atoms in total. The number of halogens is 1. The Labute approximate surface area is 143 Å². The lowest BCUT2D eigenvalue weighted by Crippen LogP contribution is -2.22. The van der Waals surface area contributed by atoms with Gasteiger partial charge in [-0.25, -0.2) is 4.98 Å². The predicted molar refractivity (Wildman–Crippen MR) is 90.8 cm³/mol. The highest BCUT2D eigenvalue weighted by atomic mass is 35.5. The number of nitrogens with zero attached hydrogens (tertiary/aromatic N) is 2. The van der Waals surface area contributed by atoms with Crippen LogP contribution in [0.2, 0.25) is 5.02 Å². The molecule has 24 heavy (non-hydrogen) atoms. The molecule has 0 spiro atoms. The number of imidazole rings is 1. The van der Waals surface area contributed by atoms with Crippen LogP contribution in [0.3, 0.4) is 0 Å². The number of fused-ring (bicyclic) bond motifs is 1. The van der Waals surface area contributed by atoms with E-state index < -0.39 is 11.9 Å². The molecular weight excluding hydrogens is 330 g/mol. The number of esters is 1. The first-order valence-electron chi connectivity index (χ1n) is 7.23. The first-order chi connectivity index (χ1) is 11.6. The SMILES string of the molecule is O=C(COC(=O)Cn1cnc2ccccc21)Nc1cccc(Cl)c1. The van der Waals surface area contributed by atoms with Crippen molar-refractivity contribution in [2.24, 2.45) is 0 Å². The molecule has 1 N–H and O–H groups in total. The number of nitrogens with one attached hydrogen (secondary N) is 1. The summed E-state index contributed by atoms with van der Waals surface area (Å²) >= 11 is 5.84. The molecule has 0 fully saturated rings. The highest BCUT2D eigenvalue weighted by Crippen LogP contribution is 2.15. The van der Waals surface area contributed by atoms with Gasteiger partial charge in [0.25, 0.3) is 5.91 Å². The fraction of sp³-hybridized carbons (Fsp3) is 0.118. The Balaban J connectivity index is 1.53. The normalized spacial score (nSPS) is 10.5. The number of carbonyl (C=O) groups is 2. The second-order valence-corrected chi connectivity index (χ2v) is 5.52. The van der Waals surface area contributed by atoms with E-state index in [0.717, 1.165) is 11.0 Å². The molecule has 0 saturated carbocycles. The summed E-state index contributed by atoms with van der Waals surface area (Å²) in [6.45, 7) is -0.372. The minimum Gasteiger partial charge on any atom is -0.454 e. The Morgan fingerprint density at radius 2 is 2.00 bits per heavy atom. The maximum atomic E-state index is 11.9. The van der Waals surface area contributed by atoms with Crippen molar-refractivity contribution < 1.29 is 14.3 Å². The zero-order valence-corrected chi connectivity index (χ0v) is 13.4. The van der Waals surface area contributed by atoms with Crippen molar-refractivity contribution in [1.82, 2.24) is 9.55 Å². The monoisotopic (exact) mass is 343 g/mol. The van der Waals surface area contributed by atoms with Gasteiger partial charge < -0.3 is 14.6 Å². The maximum Gasteiger partial charge on any atom is 0.326 e. The van der Waals surface area contributed by atoms with Crippen LogP contribution >= 0.6 is 11.6 Å². The van der Waals surface area contributed by atoms with E-state index in [0.29, 0.717) is 10.7 Å². The van der Waals surface area contributed by atoms with Crippen molar-refractivity contribution in [2.75, 3.05) is 11.9 Å². The third kappa shape index (κ3) is 3.91. The summed E-state index contributed by atoms with van der Waals surface area (Å²) in [5.74, 6) is -0.944. The third-order valence-electron chi connectivity index (χ3n) is 3.30. The predicted octanol–water partition coefficient (Wildman–Crippen LogP) is 2.87. The number of hydrogen-bond donors (Lipinski definition) is 1. The first kappa shape index (κ1) is 16.0. The minimum atomic E-state index is -0.514. The van der Waals surface area contributed by atoms with Gasteiger partial charge in [-0.3, -0.25) is 9.59 Å². The van der Waals surface area contributed by atoms with Crippen molar-refractivity contribution in [2.45, 2.75) is 6.54 Å². The van der Waals surface area contributed by atoms with Crippen LogP contribution in [0.5, 0.6) is 0 Å². The molecule has 0 aliphatic heterocycles. The van der Waals surface area contributed by atoms with Gasteiger partial charge in [0.05, 0.1) is 17.4 Å². The van der Waals surface area contributed by atoms with Crippen LogP contribution in [0, 0.1) is 0 Å². The Bertz CT molecular complexity index is 891. The van der Waals surface area contributed by atoms with Crippen molar-refractivity contribution in [3.8, 4) is 0 Å². The molecular formula is C17H14ClN3O3. The van der Waals surface area contributed by atoms with E-state index in [2.05, 4.69) is 10.3 Å². The smallest absolute Gasteiger partial charge is 0.326 e. The number of aromatic nitrogens is 2. The van der Waals surface area contributed by atoms with Gasteiger partial charge in [0.2, 0.25) is 0 Å². The number of rotatable bonds is 5. The maximum absolute atomic E-state index is 11.9. The summed E-state index contributed by atoms with van der Waals surface area (Å²) in [7, 11) is 0. The third-order valence-corrected chi connectivity index (χ3v) is 3.53. The molecule has 0 bridgehead atoms. The van der Waals surface area contributed by atoms with E-state index in [9.17, 15) is 9.59 Å². The minimum absolute atomic E-state index is 0.00897. The Hall–Kier alpha value is -2.86. The second-order valence-electron chi connectivity index (χ2n) is 5.08. The quantitative estimate of drug-likeness (QED) is 0.723. The van der Waals surface area contributed by atoms with Gasteiger partial charge >= 0.3 is 5.97 Å². The van der Waals surface area contributed by atoms with Gasteiger partial charge in [0.1, 0.15) is 6.54 Å². The van der Waals surface area contributed by atoms with Crippen LogP contribution in [0.1, 0.15) is 0 Å². The molecule has 3 aromatic rings. The highest BCUT2D eigenvalue weighted by molar-refractivity contribution is 6.30. The number of hydrogen-bond acceptors (Lipinski definition) is 4. The Kier molecular flexibility index (Phi) is 4.77. The van der Waals surface area contributed by atoms with Crippen LogP contribution in [0.15, 0.2) is 54.9 Å². The number of carbonyl (C=O) groups excluding carboxylic acids is 2. The van der Waals surface area contributed by atoms with Gasteiger partial charge in [-0.15, -0.1) is 0 Å². The summed E-state index contributed by atoms with van der Waals surface area (Å²) in [6.07, 6.45) is 1.57. The number of anilines is 1. The lowest BCUT2D eigenvalue weighted by Gasteiger charge is -2.07. The summed E-state index contributed by atoms with van der Waals surface area (Å²) in [5, 5.41) is 3.12. The fourth-order valence-corrected chi connectivity index (χ4v) is 2.42. The number of benzene rings is 2. The second kappa shape index (κ2) is 7.14. The summed E-state index contributed by atoms with van der Waals surface area (Å²) in [6, 6.07) is 14.2. The summed E-state index contributed by atoms with van der Waals surface area (Å²) in [4.78, 5) is 27.9. The lowest BCUT2D eigenvalue weighted by atomic mass is 10.3. The van der Waals surface area contributed by atoms with Gasteiger partial charge in [-0.2, -0.15) is 0 Å². The van der Waals surface area contributed by atoms with E-state index in [1.54, 1.807) is 35.2 Å². The highest BCUT2D eigenvalue weighted by Gasteiger charge is 2.10. The van der Waals surface area contributed by atoms with Crippen LogP contribution in [0.25, 0.3) is 11.0 Å². The van der Waals surface area contributed by atoms with E-state index >= 15 is 0 Å². The van der Waals surface area contributed by atoms with Crippen LogP contribution in [-0.4, -0.2) is 28.0 Å². The van der Waals surface area contributed by atoms with Gasteiger partial charge in [0.15, 0.2) is 6.61 Å². The zero-order valence-electron chi connectivity index (χ0n) is 12.6. The average molecular weight is 344 g/mol. The zero-order chi connectivity index (χ0) is 16.9. The first-order valence-corrected chi connectivity index (χ1v) is 7.60. The molecule has 1 amide bonds. The number of para-hydroxylation sites is 2. The molecule has 0 unspecified atom stereocenters. The van der Waals surface area contributed by atoms with Crippen molar-refractivity contribution in [3.63, 3.8) is 0 Å². The standard InChI is InChI=1S/C17H14ClN3O3/c18-12-4-3-5-13(8-12)20-16(22)10-24-17(23)9-21-11-19-14-6-1-2-7-15(14)21/h1-8,11H,9-10H2,(H,20,22). The van der Waals surface area contributed by atoms with Gasteiger partial charge in [0, 0.05) is 10.7 Å². The number of amides is 1. The molecule has 1 aromatic heterocycles. The average Bonchev–Trinajstić information content (AvgIpc) is 2.96. The molecule has 122 valence electrons. The van der Waals surface area contributed by atoms with Crippen LogP contribution in [-0.2, 0) is 20.9 Å². The van der Waals surface area contributed by atoms with Gasteiger partial charge in [-0.1, -0.05) is 29.8 Å². The molecule has 2 aromatic carbocycles. The molecule has 0 aliphatic rings. The fourth-order valence-electron chi connectivity index (χ4n) is 2.23. The largest absolute Gasteiger partial charge is 0.454 e. The molecule has 0 aliphatic carbocycles. The lowest BCUT2D eigenvalue weighted by molar-refractivity contribution is -0.147.